The first-order valence-electron chi connectivity index (χ1n) is 12.7. The normalized spacial score (nSPS) is 22.0. The van der Waals surface area contributed by atoms with E-state index in [0.29, 0.717) is 47.9 Å². The van der Waals surface area contributed by atoms with Crippen molar-refractivity contribution in [3.05, 3.63) is 17.3 Å². The second-order valence-corrected chi connectivity index (χ2v) is 9.88. The molecule has 2 N–H and O–H groups in total. The predicted octanol–water partition coefficient (Wildman–Crippen LogP) is 2.12. The summed E-state index contributed by atoms with van der Waals surface area (Å²) in [6.07, 6.45) is 8.16. The van der Waals surface area contributed by atoms with Crippen molar-refractivity contribution >= 4 is 18.1 Å². The van der Waals surface area contributed by atoms with Gasteiger partial charge in [0, 0.05) is 32.1 Å². The summed E-state index contributed by atoms with van der Waals surface area (Å²) in [4.78, 5) is 37.3. The Labute approximate surface area is 200 Å². The fourth-order valence-electron chi connectivity index (χ4n) is 5.70. The molecule has 0 bridgehead atoms. The number of piperazine rings is 1. The molecule has 9 nitrogen and oxygen atoms in total. The van der Waals surface area contributed by atoms with Crippen LogP contribution in [0.4, 0.5) is 10.2 Å². The Bertz CT molecular complexity index is 865. The number of carbonyl (C=O) groups is 2. The molecule has 0 aromatic carbocycles. The van der Waals surface area contributed by atoms with E-state index in [-0.39, 0.29) is 24.7 Å². The Hall–Kier alpha value is -2.33. The number of anilines is 1. The van der Waals surface area contributed by atoms with Crippen molar-refractivity contribution in [2.24, 2.45) is 11.8 Å². The van der Waals surface area contributed by atoms with E-state index in [9.17, 15) is 14.8 Å². The van der Waals surface area contributed by atoms with Gasteiger partial charge in [0.25, 0.3) is 0 Å². The molecule has 0 unspecified atom stereocenters. The molecule has 0 radical (unpaired) electrons. The average molecular weight is 477 g/mol. The maximum Gasteiger partial charge on any atom is 0.233 e. The number of hydrogen-bond acceptors (Lipinski definition) is 7. The summed E-state index contributed by atoms with van der Waals surface area (Å²) >= 11 is 0. The van der Waals surface area contributed by atoms with Crippen LogP contribution in [-0.2, 0) is 22.6 Å². The van der Waals surface area contributed by atoms with Crippen molar-refractivity contribution in [1.82, 2.24) is 25.2 Å². The fourth-order valence-corrected chi connectivity index (χ4v) is 5.70. The van der Waals surface area contributed by atoms with Gasteiger partial charge in [-0.25, -0.2) is 19.4 Å². The molecule has 1 aromatic heterocycles. The zero-order chi connectivity index (χ0) is 24.1. The summed E-state index contributed by atoms with van der Waals surface area (Å²) < 4.78 is 15.5. The number of aromatic nitrogens is 2. The molecule has 188 valence electrons. The van der Waals surface area contributed by atoms with Crippen LogP contribution in [0.2, 0.25) is 0 Å². The molecular formula is C24H37FN6O3. The fraction of sp³-hybridized carbons (Fsp3) is 0.750. The largest absolute Gasteiger partial charge is 0.351 e. The SMILES string of the molecule is CCc1nc(CNC(=O)[C@H](CC2CCCC2)CN(O)C=O)c(F)c(N2CCN3CCC[C@H]3C2)n1. The van der Waals surface area contributed by atoms with Crippen molar-refractivity contribution in [3.63, 3.8) is 0 Å². The molecule has 4 rings (SSSR count). The van der Waals surface area contributed by atoms with Crippen molar-refractivity contribution in [1.29, 1.82) is 0 Å². The van der Waals surface area contributed by atoms with E-state index in [4.69, 9.17) is 0 Å². The van der Waals surface area contributed by atoms with Crippen LogP contribution < -0.4 is 10.2 Å². The van der Waals surface area contributed by atoms with Crippen LogP contribution in [0.15, 0.2) is 0 Å². The van der Waals surface area contributed by atoms with E-state index in [2.05, 4.69) is 20.2 Å². The van der Waals surface area contributed by atoms with E-state index >= 15 is 4.39 Å². The maximum atomic E-state index is 15.5. The number of aryl methyl sites for hydroxylation is 1. The Morgan fingerprint density at radius 2 is 2.03 bits per heavy atom. The highest BCUT2D eigenvalue weighted by Gasteiger charge is 2.33. The quantitative estimate of drug-likeness (QED) is 0.303. The van der Waals surface area contributed by atoms with Gasteiger partial charge in [-0.2, -0.15) is 0 Å². The number of hydrogen-bond donors (Lipinski definition) is 2. The summed E-state index contributed by atoms with van der Waals surface area (Å²) in [5.41, 5.74) is 0.180. The molecule has 3 fully saturated rings. The zero-order valence-electron chi connectivity index (χ0n) is 20.1. The number of nitrogens with one attached hydrogen (secondary N) is 1. The van der Waals surface area contributed by atoms with Crippen molar-refractivity contribution in [2.45, 2.75) is 70.9 Å². The van der Waals surface area contributed by atoms with Crippen molar-refractivity contribution in [2.75, 3.05) is 37.6 Å². The standard InChI is InChI=1S/C24H37FN6O3/c1-2-21-27-20(22(25)23(28-21)30-11-10-29-9-5-8-19(29)15-30)13-26-24(33)18(14-31(34)16-32)12-17-6-3-4-7-17/h16-19,34H,2-15H2,1H3,(H,26,33)/t18-,19+/m1/s1. The van der Waals surface area contributed by atoms with Crippen LogP contribution in [0.25, 0.3) is 0 Å². The number of nitrogens with zero attached hydrogens (tertiary/aromatic N) is 5. The number of carbonyl (C=O) groups excluding carboxylic acids is 2. The first-order valence-corrected chi connectivity index (χ1v) is 12.7. The third-order valence-corrected chi connectivity index (χ3v) is 7.57. The lowest BCUT2D eigenvalue weighted by atomic mass is 9.92. The lowest BCUT2D eigenvalue weighted by molar-refractivity contribution is -0.155. The first kappa shape index (κ1) is 24.8. The summed E-state index contributed by atoms with van der Waals surface area (Å²) in [6.45, 7) is 5.30. The van der Waals surface area contributed by atoms with E-state index in [0.717, 1.165) is 58.3 Å². The third kappa shape index (κ3) is 5.83. The minimum absolute atomic E-state index is 0.0513. The highest BCUT2D eigenvalue weighted by molar-refractivity contribution is 5.79. The molecule has 2 aliphatic heterocycles. The summed E-state index contributed by atoms with van der Waals surface area (Å²) in [5.74, 6) is -0.0482. The molecular weight excluding hydrogens is 439 g/mol. The molecule has 2 amide bonds. The molecule has 0 spiro atoms. The molecule has 1 aliphatic carbocycles. The number of fused-ring (bicyclic) bond motifs is 1. The molecule has 34 heavy (non-hydrogen) atoms. The highest BCUT2D eigenvalue weighted by Crippen LogP contribution is 2.31. The molecule has 3 heterocycles. The van der Waals surface area contributed by atoms with Crippen LogP contribution in [0.1, 0.15) is 63.4 Å². The monoisotopic (exact) mass is 476 g/mol. The van der Waals surface area contributed by atoms with Crippen LogP contribution in [-0.4, -0.2) is 76.2 Å². The second-order valence-electron chi connectivity index (χ2n) is 9.88. The van der Waals surface area contributed by atoms with Crippen LogP contribution in [0.5, 0.6) is 0 Å². The van der Waals surface area contributed by atoms with Gasteiger partial charge in [-0.3, -0.25) is 19.7 Å². The van der Waals surface area contributed by atoms with Crippen LogP contribution in [0, 0.1) is 17.7 Å². The number of amides is 2. The highest BCUT2D eigenvalue weighted by atomic mass is 19.1. The van der Waals surface area contributed by atoms with E-state index in [1.54, 1.807) is 0 Å². The minimum Gasteiger partial charge on any atom is -0.351 e. The zero-order valence-corrected chi connectivity index (χ0v) is 20.1. The predicted molar refractivity (Wildman–Crippen MR) is 125 cm³/mol. The smallest absolute Gasteiger partial charge is 0.233 e. The Morgan fingerprint density at radius 3 is 2.76 bits per heavy atom. The minimum atomic E-state index is -0.552. The van der Waals surface area contributed by atoms with Gasteiger partial charge in [0.1, 0.15) is 11.5 Å². The number of rotatable bonds is 10. The van der Waals surface area contributed by atoms with Gasteiger partial charge >= 0.3 is 0 Å². The summed E-state index contributed by atoms with van der Waals surface area (Å²) in [5, 5.41) is 13.0. The summed E-state index contributed by atoms with van der Waals surface area (Å²) in [6, 6.07) is 0.437. The van der Waals surface area contributed by atoms with Gasteiger partial charge in [-0.15, -0.1) is 0 Å². The van der Waals surface area contributed by atoms with Crippen molar-refractivity contribution < 1.29 is 19.2 Å². The maximum absolute atomic E-state index is 15.5. The molecule has 2 saturated heterocycles. The topological polar surface area (TPSA) is 102 Å². The number of hydroxylamine groups is 2. The Kier molecular flexibility index (Phi) is 8.31. The molecule has 1 aromatic rings. The van der Waals surface area contributed by atoms with Gasteiger partial charge in [0.05, 0.1) is 19.0 Å². The molecule has 3 aliphatic rings. The van der Waals surface area contributed by atoms with Gasteiger partial charge in [-0.05, 0) is 31.7 Å². The lowest BCUT2D eigenvalue weighted by Gasteiger charge is -2.38. The molecule has 1 saturated carbocycles. The van der Waals surface area contributed by atoms with Gasteiger partial charge in [0.15, 0.2) is 11.6 Å². The lowest BCUT2D eigenvalue weighted by Crippen LogP contribution is -2.50. The van der Waals surface area contributed by atoms with Gasteiger partial charge in [-0.1, -0.05) is 32.6 Å². The van der Waals surface area contributed by atoms with Crippen molar-refractivity contribution in [3.8, 4) is 0 Å². The Morgan fingerprint density at radius 1 is 1.24 bits per heavy atom. The van der Waals surface area contributed by atoms with Crippen LogP contribution >= 0.6 is 0 Å². The second kappa shape index (κ2) is 11.4. The summed E-state index contributed by atoms with van der Waals surface area (Å²) in [7, 11) is 0. The van der Waals surface area contributed by atoms with E-state index in [1.165, 1.54) is 6.42 Å². The molecule has 2 atom stereocenters. The van der Waals surface area contributed by atoms with Gasteiger partial charge < -0.3 is 10.2 Å². The van der Waals surface area contributed by atoms with Gasteiger partial charge in [0.2, 0.25) is 12.3 Å². The third-order valence-electron chi connectivity index (χ3n) is 7.57. The average Bonchev–Trinajstić information content (AvgIpc) is 3.54. The first-order chi connectivity index (χ1) is 16.5. The van der Waals surface area contributed by atoms with Crippen LogP contribution in [0.3, 0.4) is 0 Å². The Balaban J connectivity index is 1.45. The van der Waals surface area contributed by atoms with E-state index < -0.39 is 11.7 Å². The number of halogens is 1. The van der Waals surface area contributed by atoms with E-state index in [1.807, 2.05) is 11.8 Å². The molecule has 10 heteroatoms.